The molecule has 0 fully saturated rings. The zero-order chi connectivity index (χ0) is 22.8. The molecule has 0 aromatic heterocycles. The van der Waals surface area contributed by atoms with Gasteiger partial charge in [0.05, 0.1) is 7.11 Å². The molecule has 2 atom stereocenters. The van der Waals surface area contributed by atoms with Crippen LogP contribution in [-0.4, -0.2) is 48.0 Å². The normalized spacial score (nSPS) is 12.7. The smallest absolute Gasteiger partial charge is 0.414 e. The van der Waals surface area contributed by atoms with Crippen LogP contribution in [0.1, 0.15) is 28.9 Å². The largest absolute Gasteiger partial charge is 0.504 e. The molecular formula is C22H23NO8. The molecule has 0 spiro atoms. The number of aliphatic carboxylic acids is 1. The van der Waals surface area contributed by atoms with E-state index in [4.69, 9.17) is 19.3 Å². The van der Waals surface area contributed by atoms with Gasteiger partial charge in [-0.1, -0.05) is 24.3 Å². The Morgan fingerprint density at radius 2 is 1.84 bits per heavy atom. The summed E-state index contributed by atoms with van der Waals surface area (Å²) in [6.45, 7) is 1.87. The van der Waals surface area contributed by atoms with Crippen LogP contribution in [0.3, 0.4) is 0 Å². The molecule has 164 valence electrons. The number of alkyl carbamates (subject to hydrolysis) is 1. The standard InChI is InChI=1S/C22H23NO8/c1-3-30-18(11-12-19(25)26)20(15-9-10-17(29-2)16(24)13-15)31-22(28)23-21(27)14-7-5-4-6-8-14/h4-13,18,20,24H,3H2,1-2H3,(H,25,26)(H,23,27,28)/b12-11+/t18-,20-/m1/s1. The molecule has 0 saturated heterocycles. The first kappa shape index (κ1) is 23.4. The van der Waals surface area contributed by atoms with Crippen molar-refractivity contribution in [3.63, 3.8) is 0 Å². The number of carbonyl (C=O) groups is 3. The van der Waals surface area contributed by atoms with Crippen molar-refractivity contribution in [2.45, 2.75) is 19.1 Å². The number of hydrogen-bond donors (Lipinski definition) is 3. The molecule has 0 aliphatic heterocycles. The molecule has 2 aromatic carbocycles. The molecule has 9 heteroatoms. The minimum absolute atomic E-state index is 0.182. The molecule has 0 aliphatic rings. The number of ether oxygens (including phenoxy) is 3. The van der Waals surface area contributed by atoms with Crippen LogP contribution in [0.15, 0.2) is 60.7 Å². The number of carboxylic acid groups (broad SMARTS) is 1. The average Bonchev–Trinajstić information content (AvgIpc) is 2.75. The minimum Gasteiger partial charge on any atom is -0.504 e. The highest BCUT2D eigenvalue weighted by molar-refractivity contribution is 6.02. The predicted molar refractivity (Wildman–Crippen MR) is 110 cm³/mol. The van der Waals surface area contributed by atoms with Crippen molar-refractivity contribution in [3.8, 4) is 11.5 Å². The number of amides is 2. The molecule has 9 nitrogen and oxygen atoms in total. The number of carboxylic acids is 1. The van der Waals surface area contributed by atoms with Gasteiger partial charge >= 0.3 is 12.1 Å². The van der Waals surface area contributed by atoms with Gasteiger partial charge in [0.2, 0.25) is 0 Å². The molecule has 0 aliphatic carbocycles. The number of phenols is 1. The number of rotatable bonds is 9. The van der Waals surface area contributed by atoms with Crippen LogP contribution in [0.2, 0.25) is 0 Å². The van der Waals surface area contributed by atoms with E-state index < -0.39 is 30.2 Å². The van der Waals surface area contributed by atoms with Gasteiger partial charge in [-0.05, 0) is 42.8 Å². The lowest BCUT2D eigenvalue weighted by atomic mass is 10.0. The fraction of sp³-hybridized carbons (Fsp3) is 0.227. The Bertz CT molecular complexity index is 942. The van der Waals surface area contributed by atoms with Crippen LogP contribution in [0.5, 0.6) is 11.5 Å². The van der Waals surface area contributed by atoms with Gasteiger partial charge in [0.25, 0.3) is 5.91 Å². The topological polar surface area (TPSA) is 131 Å². The molecule has 31 heavy (non-hydrogen) atoms. The van der Waals surface area contributed by atoms with Crippen molar-refractivity contribution in [1.82, 2.24) is 5.32 Å². The number of phenolic OH excluding ortho intramolecular Hbond substituents is 1. The number of nitrogens with one attached hydrogen (secondary N) is 1. The summed E-state index contributed by atoms with van der Waals surface area (Å²) in [5.74, 6) is -1.91. The second-order valence-corrected chi connectivity index (χ2v) is 6.19. The fourth-order valence-electron chi connectivity index (χ4n) is 2.72. The van der Waals surface area contributed by atoms with E-state index in [1.807, 2.05) is 0 Å². The Hall–Kier alpha value is -3.85. The zero-order valence-electron chi connectivity index (χ0n) is 17.0. The Kier molecular flexibility index (Phi) is 8.59. The van der Waals surface area contributed by atoms with E-state index >= 15 is 0 Å². The highest BCUT2D eigenvalue weighted by Gasteiger charge is 2.28. The van der Waals surface area contributed by atoms with Crippen LogP contribution in [0.4, 0.5) is 4.79 Å². The van der Waals surface area contributed by atoms with E-state index in [2.05, 4.69) is 5.32 Å². The second kappa shape index (κ2) is 11.4. The third kappa shape index (κ3) is 6.86. The molecule has 3 N–H and O–H groups in total. The Morgan fingerprint density at radius 3 is 2.42 bits per heavy atom. The molecule has 0 bridgehead atoms. The van der Waals surface area contributed by atoms with Gasteiger partial charge in [-0.15, -0.1) is 0 Å². The van der Waals surface area contributed by atoms with E-state index in [9.17, 15) is 19.5 Å². The molecule has 0 heterocycles. The number of hydrogen-bond acceptors (Lipinski definition) is 7. The number of aromatic hydroxyl groups is 1. The summed E-state index contributed by atoms with van der Waals surface area (Å²) >= 11 is 0. The fourth-order valence-corrected chi connectivity index (χ4v) is 2.72. The summed E-state index contributed by atoms with van der Waals surface area (Å²) in [4.78, 5) is 35.6. The lowest BCUT2D eigenvalue weighted by molar-refractivity contribution is -0.131. The molecular weight excluding hydrogens is 406 g/mol. The van der Waals surface area contributed by atoms with E-state index in [1.165, 1.54) is 43.5 Å². The molecule has 0 saturated carbocycles. The Morgan fingerprint density at radius 1 is 1.13 bits per heavy atom. The summed E-state index contributed by atoms with van der Waals surface area (Å²) in [6.07, 6.45) is -1.18. The third-order valence-electron chi connectivity index (χ3n) is 4.10. The SMILES string of the molecule is CCO[C@H](/C=C/C(=O)O)[C@H](OC(=O)NC(=O)c1ccccc1)c1ccc(OC)c(O)c1. The van der Waals surface area contributed by atoms with Gasteiger partial charge < -0.3 is 24.4 Å². The van der Waals surface area contributed by atoms with Gasteiger partial charge in [0, 0.05) is 18.2 Å². The summed E-state index contributed by atoms with van der Waals surface area (Å²) in [5.41, 5.74) is 0.555. The van der Waals surface area contributed by atoms with Crippen molar-refractivity contribution in [1.29, 1.82) is 0 Å². The summed E-state index contributed by atoms with van der Waals surface area (Å²) < 4.78 is 16.0. The lowest BCUT2D eigenvalue weighted by Gasteiger charge is -2.25. The number of imide groups is 1. The van der Waals surface area contributed by atoms with Crippen LogP contribution in [-0.2, 0) is 14.3 Å². The summed E-state index contributed by atoms with van der Waals surface area (Å²) in [6, 6.07) is 12.4. The van der Waals surface area contributed by atoms with Crippen molar-refractivity contribution >= 4 is 18.0 Å². The van der Waals surface area contributed by atoms with Gasteiger partial charge in [0.1, 0.15) is 6.10 Å². The maximum absolute atomic E-state index is 12.4. The molecule has 2 rings (SSSR count). The van der Waals surface area contributed by atoms with Crippen molar-refractivity contribution < 1.29 is 38.8 Å². The van der Waals surface area contributed by atoms with E-state index in [0.29, 0.717) is 5.56 Å². The first-order valence-corrected chi connectivity index (χ1v) is 9.32. The van der Waals surface area contributed by atoms with Crippen LogP contribution in [0, 0.1) is 0 Å². The third-order valence-corrected chi connectivity index (χ3v) is 4.10. The maximum Gasteiger partial charge on any atom is 0.414 e. The summed E-state index contributed by atoms with van der Waals surface area (Å²) in [7, 11) is 1.38. The van der Waals surface area contributed by atoms with Crippen LogP contribution >= 0.6 is 0 Å². The van der Waals surface area contributed by atoms with Crippen molar-refractivity contribution in [3.05, 3.63) is 71.8 Å². The number of benzene rings is 2. The number of methoxy groups -OCH3 is 1. The van der Waals surface area contributed by atoms with Gasteiger partial charge in [-0.2, -0.15) is 0 Å². The molecule has 2 aromatic rings. The van der Waals surface area contributed by atoms with Gasteiger partial charge in [-0.25, -0.2) is 9.59 Å². The highest BCUT2D eigenvalue weighted by Crippen LogP contribution is 2.33. The summed E-state index contributed by atoms with van der Waals surface area (Å²) in [5, 5.41) is 21.2. The zero-order valence-corrected chi connectivity index (χ0v) is 17.0. The first-order chi connectivity index (χ1) is 14.8. The highest BCUT2D eigenvalue weighted by atomic mass is 16.6. The van der Waals surface area contributed by atoms with E-state index in [1.54, 1.807) is 25.1 Å². The molecule has 2 amide bonds. The van der Waals surface area contributed by atoms with Gasteiger partial charge in [-0.3, -0.25) is 10.1 Å². The van der Waals surface area contributed by atoms with E-state index in [-0.39, 0.29) is 23.7 Å². The van der Waals surface area contributed by atoms with Crippen molar-refractivity contribution in [2.75, 3.05) is 13.7 Å². The first-order valence-electron chi connectivity index (χ1n) is 9.32. The predicted octanol–water partition coefficient (Wildman–Crippen LogP) is 3.05. The lowest BCUT2D eigenvalue weighted by Crippen LogP contribution is -2.35. The minimum atomic E-state index is -1.22. The van der Waals surface area contributed by atoms with Crippen molar-refractivity contribution in [2.24, 2.45) is 0 Å². The monoisotopic (exact) mass is 429 g/mol. The van der Waals surface area contributed by atoms with E-state index in [0.717, 1.165) is 6.08 Å². The second-order valence-electron chi connectivity index (χ2n) is 6.19. The molecule has 0 radical (unpaired) electrons. The Labute approximate surface area is 178 Å². The Balaban J connectivity index is 2.31. The van der Waals surface area contributed by atoms with Crippen LogP contribution in [0.25, 0.3) is 0 Å². The quantitative estimate of drug-likeness (QED) is 0.518. The van der Waals surface area contributed by atoms with Gasteiger partial charge in [0.15, 0.2) is 17.6 Å². The van der Waals surface area contributed by atoms with Crippen LogP contribution < -0.4 is 10.1 Å². The maximum atomic E-state index is 12.4. The number of carbonyl (C=O) groups excluding carboxylic acids is 2. The average molecular weight is 429 g/mol. The molecule has 0 unspecified atom stereocenters.